The summed E-state index contributed by atoms with van der Waals surface area (Å²) in [6.45, 7) is 2.71. The Bertz CT molecular complexity index is 204. The van der Waals surface area contributed by atoms with Gasteiger partial charge in [0.25, 0.3) is 10.2 Å². The van der Waals surface area contributed by atoms with Crippen molar-refractivity contribution in [3.8, 4) is 0 Å². The summed E-state index contributed by atoms with van der Waals surface area (Å²) in [5.74, 6) is 0. The Morgan fingerprint density at radius 1 is 1.15 bits per heavy atom. The van der Waals surface area contributed by atoms with E-state index in [2.05, 4.69) is 9.44 Å². The molecular formula is C7H18N2O3S. The number of aliphatic hydroxyl groups excluding tert-OH is 1. The summed E-state index contributed by atoms with van der Waals surface area (Å²) in [6, 6.07) is 0. The minimum Gasteiger partial charge on any atom is -0.396 e. The van der Waals surface area contributed by atoms with Gasteiger partial charge >= 0.3 is 0 Å². The zero-order chi connectivity index (χ0) is 10.2. The fourth-order valence-corrected chi connectivity index (χ4v) is 1.76. The minimum atomic E-state index is -3.28. The van der Waals surface area contributed by atoms with Gasteiger partial charge in [-0.2, -0.15) is 8.42 Å². The van der Waals surface area contributed by atoms with E-state index in [1.807, 2.05) is 0 Å². The average Bonchev–Trinajstić information content (AvgIpc) is 2.04. The van der Waals surface area contributed by atoms with Crippen LogP contribution < -0.4 is 9.44 Å². The highest BCUT2D eigenvalue weighted by Crippen LogP contribution is 1.92. The smallest absolute Gasteiger partial charge is 0.276 e. The van der Waals surface area contributed by atoms with Gasteiger partial charge in [0, 0.05) is 19.7 Å². The van der Waals surface area contributed by atoms with Crippen LogP contribution in [0, 0.1) is 0 Å². The molecule has 3 N–H and O–H groups in total. The third kappa shape index (κ3) is 8.17. The first-order valence-electron chi connectivity index (χ1n) is 4.47. The molecule has 0 unspecified atom stereocenters. The first-order chi connectivity index (χ1) is 6.12. The van der Waals surface area contributed by atoms with E-state index in [0.717, 1.165) is 19.3 Å². The Hall–Kier alpha value is -0.170. The Balaban J connectivity index is 3.41. The summed E-state index contributed by atoms with van der Waals surface area (Å²) >= 11 is 0. The lowest BCUT2D eigenvalue weighted by molar-refractivity contribution is 0.283. The SMILES string of the molecule is CCNS(=O)(=O)NCCCCCO. The van der Waals surface area contributed by atoms with Crippen LogP contribution >= 0.6 is 0 Å². The van der Waals surface area contributed by atoms with Crippen molar-refractivity contribution in [3.05, 3.63) is 0 Å². The molecule has 0 saturated heterocycles. The van der Waals surface area contributed by atoms with Gasteiger partial charge in [-0.3, -0.25) is 0 Å². The molecule has 0 atom stereocenters. The van der Waals surface area contributed by atoms with Gasteiger partial charge in [0.05, 0.1) is 0 Å². The van der Waals surface area contributed by atoms with Crippen LogP contribution in [-0.2, 0) is 10.2 Å². The van der Waals surface area contributed by atoms with Gasteiger partial charge in [-0.15, -0.1) is 0 Å². The summed E-state index contributed by atoms with van der Waals surface area (Å²) < 4.78 is 26.7. The molecule has 0 amide bonds. The molecule has 6 heteroatoms. The second-order valence-corrected chi connectivity index (χ2v) is 4.26. The van der Waals surface area contributed by atoms with Crippen LogP contribution in [-0.4, -0.2) is 33.2 Å². The topological polar surface area (TPSA) is 78.4 Å². The maximum Gasteiger partial charge on any atom is 0.276 e. The number of unbranched alkanes of at least 4 members (excludes halogenated alkanes) is 2. The van der Waals surface area contributed by atoms with E-state index in [4.69, 9.17) is 5.11 Å². The van der Waals surface area contributed by atoms with E-state index in [9.17, 15) is 8.42 Å². The summed E-state index contributed by atoms with van der Waals surface area (Å²) in [5.41, 5.74) is 0. The molecular weight excluding hydrogens is 192 g/mol. The molecule has 0 bridgehead atoms. The highest BCUT2D eigenvalue weighted by atomic mass is 32.2. The lowest BCUT2D eigenvalue weighted by Crippen LogP contribution is -2.36. The molecule has 0 spiro atoms. The fourth-order valence-electron chi connectivity index (χ4n) is 0.861. The first-order valence-corrected chi connectivity index (χ1v) is 5.96. The molecule has 0 aliphatic heterocycles. The monoisotopic (exact) mass is 210 g/mol. The van der Waals surface area contributed by atoms with Gasteiger partial charge in [-0.25, -0.2) is 9.44 Å². The van der Waals surface area contributed by atoms with Crippen LogP contribution in [0.15, 0.2) is 0 Å². The van der Waals surface area contributed by atoms with Gasteiger partial charge in [-0.1, -0.05) is 6.92 Å². The van der Waals surface area contributed by atoms with Crippen LogP contribution in [0.5, 0.6) is 0 Å². The number of rotatable bonds is 8. The lowest BCUT2D eigenvalue weighted by Gasteiger charge is -2.05. The molecule has 0 aliphatic carbocycles. The van der Waals surface area contributed by atoms with Gasteiger partial charge in [0.2, 0.25) is 0 Å². The van der Waals surface area contributed by atoms with Crippen molar-refractivity contribution in [1.82, 2.24) is 9.44 Å². The highest BCUT2D eigenvalue weighted by molar-refractivity contribution is 7.87. The van der Waals surface area contributed by atoms with Gasteiger partial charge in [0.1, 0.15) is 0 Å². The third-order valence-corrected chi connectivity index (χ3v) is 2.71. The minimum absolute atomic E-state index is 0.167. The molecule has 5 nitrogen and oxygen atoms in total. The molecule has 0 rings (SSSR count). The molecule has 0 aromatic carbocycles. The van der Waals surface area contributed by atoms with E-state index in [1.54, 1.807) is 6.92 Å². The van der Waals surface area contributed by atoms with Crippen molar-refractivity contribution >= 4 is 10.2 Å². The van der Waals surface area contributed by atoms with Crippen molar-refractivity contribution in [3.63, 3.8) is 0 Å². The summed E-state index contributed by atoms with van der Waals surface area (Å²) in [4.78, 5) is 0. The quantitative estimate of drug-likeness (QED) is 0.477. The molecule has 80 valence electrons. The molecule has 0 aliphatic rings. The van der Waals surface area contributed by atoms with Gasteiger partial charge in [-0.05, 0) is 19.3 Å². The maximum atomic E-state index is 11.0. The van der Waals surface area contributed by atoms with Crippen molar-refractivity contribution < 1.29 is 13.5 Å². The summed E-state index contributed by atoms with van der Waals surface area (Å²) in [6.07, 6.45) is 2.32. The van der Waals surface area contributed by atoms with Crippen LogP contribution in [0.4, 0.5) is 0 Å². The first kappa shape index (κ1) is 12.8. The van der Waals surface area contributed by atoms with Crippen LogP contribution in [0.25, 0.3) is 0 Å². The number of nitrogens with one attached hydrogen (secondary N) is 2. The maximum absolute atomic E-state index is 11.0. The second kappa shape index (κ2) is 7.25. The van der Waals surface area contributed by atoms with E-state index in [1.165, 1.54) is 0 Å². The number of hydrogen-bond acceptors (Lipinski definition) is 3. The Kier molecular flexibility index (Phi) is 7.16. The van der Waals surface area contributed by atoms with E-state index >= 15 is 0 Å². The number of hydrogen-bond donors (Lipinski definition) is 3. The molecule has 0 saturated carbocycles. The molecule has 13 heavy (non-hydrogen) atoms. The standard InChI is InChI=1S/C7H18N2O3S/c1-2-8-13(11,12)9-6-4-3-5-7-10/h8-10H,2-7H2,1H3. The Morgan fingerprint density at radius 3 is 2.38 bits per heavy atom. The number of aliphatic hydroxyl groups is 1. The Morgan fingerprint density at radius 2 is 1.85 bits per heavy atom. The summed E-state index contributed by atoms with van der Waals surface area (Å²) in [5, 5.41) is 8.46. The van der Waals surface area contributed by atoms with E-state index in [0.29, 0.717) is 13.1 Å². The largest absolute Gasteiger partial charge is 0.396 e. The van der Waals surface area contributed by atoms with E-state index in [-0.39, 0.29) is 6.61 Å². The molecule has 0 aromatic rings. The lowest BCUT2D eigenvalue weighted by atomic mass is 10.2. The van der Waals surface area contributed by atoms with Crippen LogP contribution in [0.1, 0.15) is 26.2 Å². The Labute approximate surface area is 79.7 Å². The third-order valence-electron chi connectivity index (χ3n) is 1.46. The van der Waals surface area contributed by atoms with Crippen molar-refractivity contribution in [2.24, 2.45) is 0 Å². The molecule has 0 heterocycles. The van der Waals surface area contributed by atoms with Crippen molar-refractivity contribution in [1.29, 1.82) is 0 Å². The zero-order valence-electron chi connectivity index (χ0n) is 7.91. The van der Waals surface area contributed by atoms with Gasteiger partial charge in [0.15, 0.2) is 0 Å². The van der Waals surface area contributed by atoms with Crippen LogP contribution in [0.3, 0.4) is 0 Å². The van der Waals surface area contributed by atoms with Crippen molar-refractivity contribution in [2.45, 2.75) is 26.2 Å². The molecule has 0 aromatic heterocycles. The van der Waals surface area contributed by atoms with E-state index < -0.39 is 10.2 Å². The highest BCUT2D eigenvalue weighted by Gasteiger charge is 2.04. The molecule has 0 radical (unpaired) electrons. The average molecular weight is 210 g/mol. The fraction of sp³-hybridized carbons (Fsp3) is 1.00. The van der Waals surface area contributed by atoms with Gasteiger partial charge < -0.3 is 5.11 Å². The molecule has 0 fully saturated rings. The zero-order valence-corrected chi connectivity index (χ0v) is 8.73. The predicted molar refractivity (Wildman–Crippen MR) is 51.5 cm³/mol. The van der Waals surface area contributed by atoms with Crippen molar-refractivity contribution in [2.75, 3.05) is 19.7 Å². The van der Waals surface area contributed by atoms with Crippen LogP contribution in [0.2, 0.25) is 0 Å². The summed E-state index contributed by atoms with van der Waals surface area (Å²) in [7, 11) is -3.28. The predicted octanol–water partition coefficient (Wildman–Crippen LogP) is -0.407. The normalized spacial score (nSPS) is 11.8. The second-order valence-electron chi connectivity index (χ2n) is 2.68.